The average Bonchev–Trinajstić information content (AvgIpc) is 2.15. The van der Waals surface area contributed by atoms with Crippen LogP contribution >= 0.6 is 0 Å². The quantitative estimate of drug-likeness (QED) is 0.660. The zero-order valence-electron chi connectivity index (χ0n) is 9.02. The predicted molar refractivity (Wildman–Crippen MR) is 58.2 cm³/mol. The second kappa shape index (κ2) is 11.0. The third kappa shape index (κ3) is 10.9. The van der Waals surface area contributed by atoms with E-state index >= 15 is 0 Å². The maximum atomic E-state index is 12.2. The highest BCUT2D eigenvalue weighted by atomic mass is 19.1. The first-order chi connectivity index (χ1) is 6.20. The van der Waals surface area contributed by atoms with Crippen LogP contribution in [0.4, 0.5) is 4.39 Å². The van der Waals surface area contributed by atoms with Gasteiger partial charge >= 0.3 is 0 Å². The number of hydrogen-bond donors (Lipinski definition) is 1. The summed E-state index contributed by atoms with van der Waals surface area (Å²) in [6, 6.07) is 0. The van der Waals surface area contributed by atoms with Crippen LogP contribution in [0.2, 0.25) is 0 Å². The van der Waals surface area contributed by atoms with Gasteiger partial charge in [-0.1, -0.05) is 20.4 Å². The lowest BCUT2D eigenvalue weighted by atomic mass is 10.3. The van der Waals surface area contributed by atoms with Gasteiger partial charge in [-0.05, 0) is 32.1 Å². The van der Waals surface area contributed by atoms with Gasteiger partial charge in [-0.15, -0.1) is 0 Å². The number of halogens is 1. The fraction of sp³-hybridized carbons (Fsp3) is 0.455. The highest BCUT2D eigenvalue weighted by Gasteiger charge is 1.84. The maximum Gasteiger partial charge on any atom is 0.0969 e. The molecule has 0 spiro atoms. The molecule has 0 saturated carbocycles. The molecule has 1 nitrogen and oxygen atoms in total. The third-order valence-electron chi connectivity index (χ3n) is 1.09. The molecule has 1 N–H and O–H groups in total. The van der Waals surface area contributed by atoms with Gasteiger partial charge in [0.2, 0.25) is 0 Å². The van der Waals surface area contributed by atoms with Crippen LogP contribution in [-0.2, 0) is 0 Å². The Morgan fingerprint density at radius 1 is 1.38 bits per heavy atom. The Morgan fingerprint density at radius 2 is 1.92 bits per heavy atom. The SMILES string of the molecule is C=C/C(=C\C=C(/C)F)NCC.CC. The lowest BCUT2D eigenvalue weighted by Crippen LogP contribution is -2.09. The van der Waals surface area contributed by atoms with Gasteiger partial charge in [-0.25, -0.2) is 4.39 Å². The summed E-state index contributed by atoms with van der Waals surface area (Å²) in [5.41, 5.74) is 0.838. The average molecular weight is 185 g/mol. The molecule has 0 atom stereocenters. The molecule has 0 saturated heterocycles. The van der Waals surface area contributed by atoms with Gasteiger partial charge in [-0.2, -0.15) is 0 Å². The molecule has 0 bridgehead atoms. The topological polar surface area (TPSA) is 12.0 Å². The van der Waals surface area contributed by atoms with Crippen LogP contribution in [0.25, 0.3) is 0 Å². The Bertz CT molecular complexity index is 177. The van der Waals surface area contributed by atoms with Gasteiger partial charge in [0.15, 0.2) is 0 Å². The monoisotopic (exact) mass is 185 g/mol. The fourth-order valence-corrected chi connectivity index (χ4v) is 0.608. The molecule has 2 heteroatoms. The van der Waals surface area contributed by atoms with E-state index in [-0.39, 0.29) is 5.83 Å². The van der Waals surface area contributed by atoms with Gasteiger partial charge in [0.1, 0.15) is 0 Å². The summed E-state index contributed by atoms with van der Waals surface area (Å²) in [5.74, 6) is -0.206. The Morgan fingerprint density at radius 3 is 2.23 bits per heavy atom. The van der Waals surface area contributed by atoms with Gasteiger partial charge in [0.05, 0.1) is 5.83 Å². The minimum atomic E-state index is -0.206. The molecule has 13 heavy (non-hydrogen) atoms. The smallest absolute Gasteiger partial charge is 0.0969 e. The summed E-state index contributed by atoms with van der Waals surface area (Å²) < 4.78 is 12.2. The van der Waals surface area contributed by atoms with Gasteiger partial charge in [0, 0.05) is 12.2 Å². The van der Waals surface area contributed by atoms with Crippen LogP contribution in [-0.4, -0.2) is 6.54 Å². The summed E-state index contributed by atoms with van der Waals surface area (Å²) in [7, 11) is 0. The van der Waals surface area contributed by atoms with E-state index in [9.17, 15) is 4.39 Å². The highest BCUT2D eigenvalue weighted by Crippen LogP contribution is 1.96. The van der Waals surface area contributed by atoms with Crippen molar-refractivity contribution in [2.45, 2.75) is 27.7 Å². The van der Waals surface area contributed by atoms with Crippen molar-refractivity contribution in [3.05, 3.63) is 36.3 Å². The minimum absolute atomic E-state index is 0.206. The highest BCUT2D eigenvalue weighted by molar-refractivity contribution is 5.20. The molecule has 0 aliphatic heterocycles. The van der Waals surface area contributed by atoms with Crippen molar-refractivity contribution in [2.24, 2.45) is 0 Å². The van der Waals surface area contributed by atoms with Crippen LogP contribution in [0.15, 0.2) is 36.3 Å². The molecule has 0 aliphatic rings. The van der Waals surface area contributed by atoms with Gasteiger partial charge in [0.25, 0.3) is 0 Å². The van der Waals surface area contributed by atoms with Crippen molar-refractivity contribution in [2.75, 3.05) is 6.54 Å². The van der Waals surface area contributed by atoms with Gasteiger partial charge < -0.3 is 5.32 Å². The molecule has 0 fully saturated rings. The fourth-order valence-electron chi connectivity index (χ4n) is 0.608. The zero-order valence-corrected chi connectivity index (χ0v) is 9.02. The van der Waals surface area contributed by atoms with Crippen molar-refractivity contribution in [1.82, 2.24) is 5.32 Å². The molecular formula is C11H20FN. The van der Waals surface area contributed by atoms with E-state index in [4.69, 9.17) is 0 Å². The van der Waals surface area contributed by atoms with E-state index in [2.05, 4.69) is 11.9 Å². The Kier molecular flexibility index (Phi) is 12.2. The molecule has 0 amide bonds. The van der Waals surface area contributed by atoms with Crippen LogP contribution in [0.3, 0.4) is 0 Å². The summed E-state index contributed by atoms with van der Waals surface area (Å²) in [6.45, 7) is 11.8. The summed E-state index contributed by atoms with van der Waals surface area (Å²) in [5, 5.41) is 3.02. The second-order valence-electron chi connectivity index (χ2n) is 2.11. The molecule has 0 aromatic carbocycles. The molecular weight excluding hydrogens is 165 g/mol. The van der Waals surface area contributed by atoms with Crippen molar-refractivity contribution >= 4 is 0 Å². The number of hydrogen-bond acceptors (Lipinski definition) is 1. The normalized spacial score (nSPS) is 11.5. The Labute approximate surface area is 81.0 Å². The van der Waals surface area contributed by atoms with Crippen molar-refractivity contribution < 1.29 is 4.39 Å². The van der Waals surface area contributed by atoms with Crippen LogP contribution in [0, 0.1) is 0 Å². The first-order valence-electron chi connectivity index (χ1n) is 4.61. The van der Waals surface area contributed by atoms with Crippen LogP contribution in [0.5, 0.6) is 0 Å². The van der Waals surface area contributed by atoms with E-state index in [1.54, 1.807) is 12.2 Å². The molecule has 0 aliphatic carbocycles. The van der Waals surface area contributed by atoms with E-state index in [1.807, 2.05) is 20.8 Å². The lowest BCUT2D eigenvalue weighted by molar-refractivity contribution is 0.640. The molecule has 76 valence electrons. The third-order valence-corrected chi connectivity index (χ3v) is 1.09. The molecule has 0 rings (SSSR count). The summed E-state index contributed by atoms with van der Waals surface area (Å²) >= 11 is 0. The number of rotatable bonds is 4. The largest absolute Gasteiger partial charge is 0.385 e. The molecule has 0 unspecified atom stereocenters. The van der Waals surface area contributed by atoms with E-state index in [1.165, 1.54) is 13.0 Å². The number of nitrogens with one attached hydrogen (secondary N) is 1. The molecule has 0 aromatic heterocycles. The first kappa shape index (κ1) is 14.5. The van der Waals surface area contributed by atoms with E-state index in [0.717, 1.165) is 12.2 Å². The number of likely N-dealkylation sites (N-methyl/N-ethyl adjacent to an activating group) is 1. The lowest BCUT2D eigenvalue weighted by Gasteiger charge is -2.00. The summed E-state index contributed by atoms with van der Waals surface area (Å²) in [6.07, 6.45) is 4.72. The number of allylic oxidation sites excluding steroid dienone is 4. The van der Waals surface area contributed by atoms with Crippen molar-refractivity contribution in [1.29, 1.82) is 0 Å². The van der Waals surface area contributed by atoms with Gasteiger partial charge in [-0.3, -0.25) is 0 Å². The standard InChI is InChI=1S/C9H14FN.C2H6/c1-4-9(11-5-2)7-6-8(3)10;1-2/h4,6-7,11H,1,5H2,2-3H3;1-2H3/b8-6+,9-7+;. The molecule has 0 aromatic rings. The van der Waals surface area contributed by atoms with Crippen LogP contribution < -0.4 is 5.32 Å². The first-order valence-corrected chi connectivity index (χ1v) is 4.61. The second-order valence-corrected chi connectivity index (χ2v) is 2.11. The van der Waals surface area contributed by atoms with E-state index in [0.29, 0.717) is 0 Å². The Hall–Kier alpha value is -1.05. The molecule has 0 radical (unpaired) electrons. The summed E-state index contributed by atoms with van der Waals surface area (Å²) in [4.78, 5) is 0. The van der Waals surface area contributed by atoms with Crippen LogP contribution in [0.1, 0.15) is 27.7 Å². The minimum Gasteiger partial charge on any atom is -0.385 e. The van der Waals surface area contributed by atoms with E-state index < -0.39 is 0 Å². The zero-order chi connectivity index (χ0) is 10.7. The maximum absolute atomic E-state index is 12.2. The Balaban J connectivity index is 0. The predicted octanol–water partition coefficient (Wildman–Crippen LogP) is 3.57. The molecule has 0 heterocycles. The van der Waals surface area contributed by atoms with Crippen molar-refractivity contribution in [3.8, 4) is 0 Å². The van der Waals surface area contributed by atoms with Crippen molar-refractivity contribution in [3.63, 3.8) is 0 Å².